The molecule has 0 fully saturated rings. The van der Waals surface area contributed by atoms with E-state index in [1.54, 1.807) is 0 Å². The molecule has 0 aromatic heterocycles. The normalized spacial score (nSPS) is 13.6. The van der Waals surface area contributed by atoms with E-state index in [4.69, 9.17) is 9.84 Å². The summed E-state index contributed by atoms with van der Waals surface area (Å²) in [5, 5.41) is 8.68. The first kappa shape index (κ1) is 8.93. The van der Waals surface area contributed by atoms with Gasteiger partial charge in [0.2, 0.25) is 0 Å². The van der Waals surface area contributed by atoms with Crippen molar-refractivity contribution >= 4 is 5.97 Å². The van der Waals surface area contributed by atoms with Gasteiger partial charge in [-0.15, -0.1) is 0 Å². The molecule has 0 spiro atoms. The Kier molecular flexibility index (Phi) is 1.87. The van der Waals surface area contributed by atoms with Crippen molar-refractivity contribution in [3.63, 3.8) is 0 Å². The van der Waals surface area contributed by atoms with E-state index in [1.807, 2.05) is 0 Å². The van der Waals surface area contributed by atoms with Crippen LogP contribution in [0.3, 0.4) is 0 Å². The third kappa shape index (κ3) is 1.13. The molecule has 2 rings (SSSR count). The minimum atomic E-state index is -1.44. The lowest BCUT2D eigenvalue weighted by atomic mass is 10.1. The second-order valence-electron chi connectivity index (χ2n) is 2.93. The van der Waals surface area contributed by atoms with Gasteiger partial charge in [0.1, 0.15) is 22.9 Å². The molecule has 74 valence electrons. The molecule has 1 aromatic carbocycles. The van der Waals surface area contributed by atoms with E-state index in [1.165, 1.54) is 0 Å². The van der Waals surface area contributed by atoms with Crippen LogP contribution in [0.15, 0.2) is 6.07 Å². The molecule has 1 heterocycles. The molecule has 0 aliphatic carbocycles. The van der Waals surface area contributed by atoms with Crippen LogP contribution in [0, 0.1) is 11.6 Å². The number of fused-ring (bicyclic) bond motifs is 1. The van der Waals surface area contributed by atoms with Gasteiger partial charge in [-0.2, -0.15) is 0 Å². The van der Waals surface area contributed by atoms with E-state index in [-0.39, 0.29) is 24.3 Å². The Morgan fingerprint density at radius 1 is 1.43 bits per heavy atom. The van der Waals surface area contributed by atoms with Crippen LogP contribution in [-0.4, -0.2) is 17.7 Å². The van der Waals surface area contributed by atoms with Crippen molar-refractivity contribution in [2.24, 2.45) is 0 Å². The van der Waals surface area contributed by atoms with Gasteiger partial charge in [-0.1, -0.05) is 0 Å². The summed E-state index contributed by atoms with van der Waals surface area (Å²) in [4.78, 5) is 10.7. The summed E-state index contributed by atoms with van der Waals surface area (Å²) in [6.45, 7) is 0.190. The van der Waals surface area contributed by atoms with E-state index in [2.05, 4.69) is 0 Å². The molecule has 0 bridgehead atoms. The smallest absolute Gasteiger partial charge is 0.342 e. The highest BCUT2D eigenvalue weighted by atomic mass is 19.1. The zero-order valence-corrected chi connectivity index (χ0v) is 7.01. The van der Waals surface area contributed by atoms with Crippen LogP contribution in [0.5, 0.6) is 5.75 Å². The van der Waals surface area contributed by atoms with E-state index in [0.717, 1.165) is 0 Å². The molecule has 1 aliphatic rings. The van der Waals surface area contributed by atoms with Crippen molar-refractivity contribution in [1.82, 2.24) is 0 Å². The molecular weight excluding hydrogens is 194 g/mol. The first-order chi connectivity index (χ1) is 6.61. The molecule has 14 heavy (non-hydrogen) atoms. The molecule has 3 nitrogen and oxygen atoms in total. The lowest BCUT2D eigenvalue weighted by molar-refractivity contribution is 0.0688. The van der Waals surface area contributed by atoms with Gasteiger partial charge >= 0.3 is 5.97 Å². The first-order valence-corrected chi connectivity index (χ1v) is 3.98. The first-order valence-electron chi connectivity index (χ1n) is 3.98. The zero-order chi connectivity index (χ0) is 10.3. The average molecular weight is 200 g/mol. The molecule has 1 aromatic rings. The third-order valence-corrected chi connectivity index (χ3v) is 2.09. The summed E-state index contributed by atoms with van der Waals surface area (Å²) >= 11 is 0. The van der Waals surface area contributed by atoms with E-state index >= 15 is 0 Å². The topological polar surface area (TPSA) is 46.5 Å². The maximum absolute atomic E-state index is 13.1. The lowest BCUT2D eigenvalue weighted by Gasteiger charge is -2.05. The van der Waals surface area contributed by atoms with Crippen LogP contribution in [0.4, 0.5) is 8.78 Å². The van der Waals surface area contributed by atoms with Crippen LogP contribution < -0.4 is 4.74 Å². The molecule has 0 radical (unpaired) electrons. The minimum Gasteiger partial charge on any atom is -0.492 e. The molecule has 0 atom stereocenters. The molecule has 0 amide bonds. The Hall–Kier alpha value is -1.65. The van der Waals surface area contributed by atoms with Gasteiger partial charge in [0.05, 0.1) is 6.61 Å². The van der Waals surface area contributed by atoms with Crippen molar-refractivity contribution in [2.45, 2.75) is 6.42 Å². The van der Waals surface area contributed by atoms with Gasteiger partial charge in [0.25, 0.3) is 0 Å². The highest BCUT2D eigenvalue weighted by Crippen LogP contribution is 2.33. The van der Waals surface area contributed by atoms with Crippen LogP contribution in [0.1, 0.15) is 15.9 Å². The fourth-order valence-corrected chi connectivity index (χ4v) is 1.49. The molecule has 0 saturated heterocycles. The second kappa shape index (κ2) is 2.94. The molecular formula is C9H6F2O3. The quantitative estimate of drug-likeness (QED) is 0.748. The Morgan fingerprint density at radius 3 is 2.79 bits per heavy atom. The Bertz CT molecular complexity index is 415. The largest absolute Gasteiger partial charge is 0.492 e. The predicted molar refractivity (Wildman–Crippen MR) is 42.5 cm³/mol. The maximum Gasteiger partial charge on any atom is 0.342 e. The highest BCUT2D eigenvalue weighted by molar-refractivity contribution is 5.92. The van der Waals surface area contributed by atoms with Gasteiger partial charge in [0, 0.05) is 18.1 Å². The number of hydrogen-bond acceptors (Lipinski definition) is 2. The maximum atomic E-state index is 13.1. The summed E-state index contributed by atoms with van der Waals surface area (Å²) in [5.41, 5.74) is -0.442. The minimum absolute atomic E-state index is 0.142. The number of aromatic carboxylic acids is 1. The van der Waals surface area contributed by atoms with E-state index in [0.29, 0.717) is 6.07 Å². The van der Waals surface area contributed by atoms with Crippen molar-refractivity contribution in [3.05, 3.63) is 28.8 Å². The van der Waals surface area contributed by atoms with Gasteiger partial charge in [-0.3, -0.25) is 0 Å². The number of carbonyl (C=O) groups is 1. The monoisotopic (exact) mass is 200 g/mol. The van der Waals surface area contributed by atoms with Gasteiger partial charge in [-0.05, 0) is 0 Å². The van der Waals surface area contributed by atoms with E-state index < -0.39 is 23.2 Å². The number of ether oxygens (including phenoxy) is 1. The van der Waals surface area contributed by atoms with Crippen molar-refractivity contribution in [2.75, 3.05) is 6.61 Å². The van der Waals surface area contributed by atoms with Gasteiger partial charge in [0.15, 0.2) is 0 Å². The van der Waals surface area contributed by atoms with Crippen LogP contribution >= 0.6 is 0 Å². The Balaban J connectivity index is 2.72. The Labute approximate surface area is 77.9 Å². The lowest BCUT2D eigenvalue weighted by Crippen LogP contribution is -2.04. The summed E-state index contributed by atoms with van der Waals surface area (Å²) in [6.07, 6.45) is 0.279. The van der Waals surface area contributed by atoms with Crippen molar-refractivity contribution in [3.8, 4) is 5.75 Å². The Morgan fingerprint density at radius 2 is 2.14 bits per heavy atom. The number of halogens is 2. The summed E-state index contributed by atoms with van der Waals surface area (Å²) < 4.78 is 31.0. The molecule has 0 unspecified atom stereocenters. The van der Waals surface area contributed by atoms with Crippen LogP contribution in [0.25, 0.3) is 0 Å². The standard InChI is InChI=1S/C9H6F2O3/c10-5-3-6(11)7(9(12)13)8-4(5)1-2-14-8/h3H,1-2H2,(H,12,13). The fourth-order valence-electron chi connectivity index (χ4n) is 1.49. The number of benzene rings is 1. The molecule has 1 aliphatic heterocycles. The van der Waals surface area contributed by atoms with Crippen molar-refractivity contribution < 1.29 is 23.4 Å². The highest BCUT2D eigenvalue weighted by Gasteiger charge is 2.27. The van der Waals surface area contributed by atoms with Crippen LogP contribution in [0.2, 0.25) is 0 Å². The fraction of sp³-hybridized carbons (Fsp3) is 0.222. The number of rotatable bonds is 1. The van der Waals surface area contributed by atoms with Gasteiger partial charge in [-0.25, -0.2) is 13.6 Å². The molecule has 5 heteroatoms. The van der Waals surface area contributed by atoms with E-state index in [9.17, 15) is 13.6 Å². The molecule has 0 saturated carbocycles. The summed E-state index contributed by atoms with van der Waals surface area (Å²) in [5.74, 6) is -3.47. The predicted octanol–water partition coefficient (Wildman–Crippen LogP) is 1.60. The third-order valence-electron chi connectivity index (χ3n) is 2.09. The summed E-state index contributed by atoms with van der Waals surface area (Å²) in [6, 6.07) is 0.580. The number of carboxylic acids is 1. The number of hydrogen-bond donors (Lipinski definition) is 1. The number of carboxylic acid groups (broad SMARTS) is 1. The second-order valence-corrected chi connectivity index (χ2v) is 2.93. The van der Waals surface area contributed by atoms with Crippen molar-refractivity contribution in [1.29, 1.82) is 0 Å². The van der Waals surface area contributed by atoms with Crippen LogP contribution in [-0.2, 0) is 6.42 Å². The van der Waals surface area contributed by atoms with Gasteiger partial charge < -0.3 is 9.84 Å². The zero-order valence-electron chi connectivity index (χ0n) is 7.01. The SMILES string of the molecule is O=C(O)c1c(F)cc(F)c2c1OCC2. The summed E-state index contributed by atoms with van der Waals surface area (Å²) in [7, 11) is 0. The molecule has 1 N–H and O–H groups in total. The average Bonchev–Trinajstić information content (AvgIpc) is 2.51.